The van der Waals surface area contributed by atoms with Crippen LogP contribution in [0.4, 0.5) is 8.78 Å². The van der Waals surface area contributed by atoms with Gasteiger partial charge in [0.2, 0.25) is 0 Å². The van der Waals surface area contributed by atoms with Crippen LogP contribution in [0.25, 0.3) is 0 Å². The van der Waals surface area contributed by atoms with Crippen LogP contribution in [0.1, 0.15) is 17.4 Å². The maximum absolute atomic E-state index is 13.8. The number of ether oxygens (including phenoxy) is 1. The SMILES string of the molecule is CC(N)Cc1cc(F)c(OCc2cncs2)c(F)c1. The van der Waals surface area contributed by atoms with Crippen molar-refractivity contribution < 1.29 is 13.5 Å². The average molecular weight is 284 g/mol. The molecule has 0 saturated carbocycles. The number of rotatable bonds is 5. The third-order valence-corrected chi connectivity index (χ3v) is 3.21. The quantitative estimate of drug-likeness (QED) is 0.918. The van der Waals surface area contributed by atoms with Gasteiger partial charge in [-0.2, -0.15) is 0 Å². The number of hydrogen-bond acceptors (Lipinski definition) is 4. The predicted molar refractivity (Wildman–Crippen MR) is 70.2 cm³/mol. The van der Waals surface area contributed by atoms with Crippen LogP contribution in [0.5, 0.6) is 5.75 Å². The van der Waals surface area contributed by atoms with Gasteiger partial charge in [0.05, 0.1) is 10.4 Å². The first-order valence-electron chi connectivity index (χ1n) is 5.80. The third-order valence-electron chi connectivity index (χ3n) is 2.46. The number of aromatic nitrogens is 1. The van der Waals surface area contributed by atoms with Crippen molar-refractivity contribution in [1.82, 2.24) is 4.98 Å². The van der Waals surface area contributed by atoms with Gasteiger partial charge in [-0.15, -0.1) is 11.3 Å². The van der Waals surface area contributed by atoms with Gasteiger partial charge >= 0.3 is 0 Å². The summed E-state index contributed by atoms with van der Waals surface area (Å²) in [6, 6.07) is 2.37. The molecule has 0 aliphatic carbocycles. The second-order valence-electron chi connectivity index (χ2n) is 4.33. The normalized spacial score (nSPS) is 12.4. The Kier molecular flexibility index (Phi) is 4.44. The van der Waals surface area contributed by atoms with Gasteiger partial charge in [-0.05, 0) is 31.0 Å². The van der Waals surface area contributed by atoms with Crippen molar-refractivity contribution in [2.75, 3.05) is 0 Å². The summed E-state index contributed by atoms with van der Waals surface area (Å²) >= 11 is 1.37. The molecule has 0 bridgehead atoms. The van der Waals surface area contributed by atoms with E-state index in [0.29, 0.717) is 12.0 Å². The van der Waals surface area contributed by atoms with Crippen LogP contribution in [0, 0.1) is 11.6 Å². The van der Waals surface area contributed by atoms with Gasteiger partial charge in [-0.3, -0.25) is 4.98 Å². The lowest BCUT2D eigenvalue weighted by atomic mass is 10.1. The van der Waals surface area contributed by atoms with Crippen molar-refractivity contribution in [2.45, 2.75) is 26.0 Å². The second-order valence-corrected chi connectivity index (χ2v) is 5.30. The molecule has 0 saturated heterocycles. The summed E-state index contributed by atoms with van der Waals surface area (Å²) in [6.07, 6.45) is 2.02. The largest absolute Gasteiger partial charge is 0.482 e. The van der Waals surface area contributed by atoms with E-state index in [1.807, 2.05) is 0 Å². The second kappa shape index (κ2) is 6.08. The molecule has 0 radical (unpaired) electrons. The molecule has 2 N–H and O–H groups in total. The summed E-state index contributed by atoms with van der Waals surface area (Å²) in [7, 11) is 0. The summed E-state index contributed by atoms with van der Waals surface area (Å²) in [5.41, 5.74) is 7.76. The van der Waals surface area contributed by atoms with Crippen molar-refractivity contribution in [1.29, 1.82) is 0 Å². The van der Waals surface area contributed by atoms with Gasteiger partial charge in [-0.1, -0.05) is 0 Å². The number of halogens is 2. The molecule has 1 heterocycles. The summed E-state index contributed by atoms with van der Waals surface area (Å²) in [4.78, 5) is 4.67. The lowest BCUT2D eigenvalue weighted by molar-refractivity contribution is 0.276. The summed E-state index contributed by atoms with van der Waals surface area (Å²) in [5, 5.41) is 0. The molecule has 19 heavy (non-hydrogen) atoms. The van der Waals surface area contributed by atoms with Crippen molar-refractivity contribution >= 4 is 11.3 Å². The summed E-state index contributed by atoms with van der Waals surface area (Å²) in [6.45, 7) is 1.88. The fraction of sp³-hybridized carbons (Fsp3) is 0.308. The minimum Gasteiger partial charge on any atom is -0.482 e. The summed E-state index contributed by atoms with van der Waals surface area (Å²) < 4.78 is 32.7. The predicted octanol–water partition coefficient (Wildman–Crippen LogP) is 2.89. The number of thiazole rings is 1. The van der Waals surface area contributed by atoms with Gasteiger partial charge in [0, 0.05) is 12.2 Å². The highest BCUT2D eigenvalue weighted by Gasteiger charge is 2.14. The van der Waals surface area contributed by atoms with Crippen LogP contribution >= 0.6 is 11.3 Å². The van der Waals surface area contributed by atoms with E-state index >= 15 is 0 Å². The molecule has 102 valence electrons. The third kappa shape index (κ3) is 3.71. The molecule has 1 aromatic heterocycles. The van der Waals surface area contributed by atoms with Gasteiger partial charge < -0.3 is 10.5 Å². The Morgan fingerprint density at radius 1 is 1.37 bits per heavy atom. The first-order valence-corrected chi connectivity index (χ1v) is 6.68. The number of hydrogen-bond donors (Lipinski definition) is 1. The molecule has 2 rings (SSSR count). The lowest BCUT2D eigenvalue weighted by Gasteiger charge is -2.10. The number of benzene rings is 1. The fourth-order valence-electron chi connectivity index (χ4n) is 1.70. The van der Waals surface area contributed by atoms with E-state index in [1.54, 1.807) is 18.6 Å². The topological polar surface area (TPSA) is 48.1 Å². The molecule has 0 fully saturated rings. The Morgan fingerprint density at radius 3 is 2.58 bits per heavy atom. The maximum Gasteiger partial charge on any atom is 0.191 e. The smallest absolute Gasteiger partial charge is 0.191 e. The Morgan fingerprint density at radius 2 is 2.05 bits per heavy atom. The molecule has 0 amide bonds. The van der Waals surface area contributed by atoms with Gasteiger partial charge in [-0.25, -0.2) is 8.78 Å². The molecule has 1 atom stereocenters. The number of nitrogens with zero attached hydrogens (tertiary/aromatic N) is 1. The highest BCUT2D eigenvalue weighted by atomic mass is 32.1. The monoisotopic (exact) mass is 284 g/mol. The Balaban J connectivity index is 2.12. The molecule has 1 aromatic carbocycles. The first-order chi connectivity index (χ1) is 9.06. The number of nitrogens with two attached hydrogens (primary N) is 1. The molecule has 2 aromatic rings. The van der Waals surface area contributed by atoms with Crippen LogP contribution in [0.2, 0.25) is 0 Å². The highest BCUT2D eigenvalue weighted by Crippen LogP contribution is 2.25. The van der Waals surface area contributed by atoms with Crippen LogP contribution in [0.15, 0.2) is 23.8 Å². The van der Waals surface area contributed by atoms with Gasteiger partial charge in [0.15, 0.2) is 17.4 Å². The zero-order chi connectivity index (χ0) is 13.8. The molecule has 0 aliphatic rings. The standard InChI is InChI=1S/C13H14F2N2OS/c1-8(16)2-9-3-11(14)13(12(15)4-9)18-6-10-5-17-7-19-10/h3-5,7-8H,2,6,16H2,1H3. The Labute approximate surface area is 114 Å². The van der Waals surface area contributed by atoms with E-state index in [2.05, 4.69) is 4.98 Å². The first kappa shape index (κ1) is 13.9. The molecular weight excluding hydrogens is 270 g/mol. The van der Waals surface area contributed by atoms with E-state index in [4.69, 9.17) is 10.5 Å². The fourth-order valence-corrected chi connectivity index (χ4v) is 2.20. The van der Waals surface area contributed by atoms with Crippen LogP contribution < -0.4 is 10.5 Å². The van der Waals surface area contributed by atoms with E-state index in [1.165, 1.54) is 23.5 Å². The lowest BCUT2D eigenvalue weighted by Crippen LogP contribution is -2.18. The van der Waals surface area contributed by atoms with Gasteiger partial charge in [0.25, 0.3) is 0 Å². The summed E-state index contributed by atoms with van der Waals surface area (Å²) in [5.74, 6) is -1.78. The molecule has 0 spiro atoms. The van der Waals surface area contributed by atoms with E-state index in [9.17, 15) is 8.78 Å². The van der Waals surface area contributed by atoms with Crippen molar-refractivity contribution in [3.8, 4) is 5.75 Å². The average Bonchev–Trinajstić information content (AvgIpc) is 2.79. The van der Waals surface area contributed by atoms with Crippen LogP contribution in [-0.2, 0) is 13.0 Å². The highest BCUT2D eigenvalue weighted by molar-refractivity contribution is 7.09. The zero-order valence-corrected chi connectivity index (χ0v) is 11.2. The van der Waals surface area contributed by atoms with E-state index in [-0.39, 0.29) is 18.4 Å². The minimum atomic E-state index is -0.708. The molecule has 6 heteroatoms. The van der Waals surface area contributed by atoms with E-state index in [0.717, 1.165) is 4.88 Å². The van der Waals surface area contributed by atoms with Crippen LogP contribution in [-0.4, -0.2) is 11.0 Å². The Bertz CT molecular complexity index is 521. The maximum atomic E-state index is 13.8. The molecule has 1 unspecified atom stereocenters. The molecule has 0 aliphatic heterocycles. The van der Waals surface area contributed by atoms with Crippen molar-refractivity contribution in [3.63, 3.8) is 0 Å². The van der Waals surface area contributed by atoms with Crippen LogP contribution in [0.3, 0.4) is 0 Å². The molecule has 3 nitrogen and oxygen atoms in total. The van der Waals surface area contributed by atoms with E-state index < -0.39 is 11.6 Å². The van der Waals surface area contributed by atoms with Crippen molar-refractivity contribution in [3.05, 3.63) is 45.9 Å². The van der Waals surface area contributed by atoms with Gasteiger partial charge in [0.1, 0.15) is 6.61 Å². The minimum absolute atomic E-state index is 0.102. The van der Waals surface area contributed by atoms with Crippen molar-refractivity contribution in [2.24, 2.45) is 5.73 Å². The Hall–Kier alpha value is -1.53. The zero-order valence-electron chi connectivity index (χ0n) is 10.4. The molecular formula is C13H14F2N2OS.